The predicted octanol–water partition coefficient (Wildman–Crippen LogP) is -2.81. The summed E-state index contributed by atoms with van der Waals surface area (Å²) in [7, 11) is -1.09. The van der Waals surface area contributed by atoms with Gasteiger partial charge in [0.05, 0.1) is 5.78 Å². The minimum atomic E-state index is -1.09. The van der Waals surface area contributed by atoms with E-state index in [0.717, 1.165) is 0 Å². The molecule has 0 N–H and O–H groups in total. The molecule has 0 heterocycles. The molecule has 0 aliphatic rings. The van der Waals surface area contributed by atoms with Gasteiger partial charge in [-0.25, -0.2) is 0 Å². The maximum absolute atomic E-state index is 10.6. The Morgan fingerprint density at radius 2 is 1.36 bits per heavy atom. The van der Waals surface area contributed by atoms with E-state index in [2.05, 4.69) is 9.31 Å². The van der Waals surface area contributed by atoms with Gasteiger partial charge in [0.1, 0.15) is 0 Å². The Hall–Kier alpha value is -0.325. The molecule has 0 aromatic heterocycles. The Labute approximate surface area is 105 Å². The van der Waals surface area contributed by atoms with Crippen LogP contribution in [-0.4, -0.2) is 24.8 Å². The van der Waals surface area contributed by atoms with Gasteiger partial charge in [-0.2, -0.15) is 0 Å². The number of Topliss-reactive ketones (excluding diaryl/α,β-unsaturated/α-hetero) is 1. The van der Waals surface area contributed by atoms with Crippen molar-refractivity contribution in [3.05, 3.63) is 0 Å². The third-order valence-corrected chi connectivity index (χ3v) is 1.05. The SMILES string of the molecule is CC(=O)C[B-](OC(C)=O)OC(C)=O.[Na+]. The third kappa shape index (κ3) is 9.76. The number of hydrogen-bond acceptors (Lipinski definition) is 5. The molecular formula is C7H11BNaO5. The van der Waals surface area contributed by atoms with E-state index in [1.807, 2.05) is 0 Å². The fourth-order valence-electron chi connectivity index (χ4n) is 0.712. The van der Waals surface area contributed by atoms with Crippen molar-refractivity contribution in [2.45, 2.75) is 27.1 Å². The first-order valence-corrected chi connectivity index (χ1v) is 3.75. The largest absolute Gasteiger partial charge is 1.00 e. The standard InChI is InChI=1S/C7H11BO5.Na/c1-5(9)4-8(12-6(2)10)13-7(3)11;/h4H2,1-3H3;/q-1;+1. The van der Waals surface area contributed by atoms with Crippen LogP contribution in [0.4, 0.5) is 0 Å². The van der Waals surface area contributed by atoms with E-state index >= 15 is 0 Å². The molecule has 0 aromatic carbocycles. The quantitative estimate of drug-likeness (QED) is 0.467. The Morgan fingerprint density at radius 3 is 1.57 bits per heavy atom. The molecule has 14 heavy (non-hydrogen) atoms. The fraction of sp³-hybridized carbons (Fsp3) is 0.571. The molecule has 0 aromatic rings. The van der Waals surface area contributed by atoms with Crippen LogP contribution in [0.25, 0.3) is 0 Å². The third-order valence-electron chi connectivity index (χ3n) is 1.05. The topological polar surface area (TPSA) is 69.7 Å². The van der Waals surface area contributed by atoms with Gasteiger partial charge >= 0.3 is 29.6 Å². The Morgan fingerprint density at radius 1 is 1.00 bits per heavy atom. The molecule has 0 amide bonds. The van der Waals surface area contributed by atoms with Gasteiger partial charge in [-0.3, -0.25) is 9.59 Å². The zero-order valence-corrected chi connectivity index (χ0v) is 10.8. The minimum Gasteiger partial charge on any atom is -0.676 e. The van der Waals surface area contributed by atoms with Crippen molar-refractivity contribution in [1.29, 1.82) is 0 Å². The van der Waals surface area contributed by atoms with Gasteiger partial charge in [0.15, 0.2) is 0 Å². The Balaban J connectivity index is 0. The summed E-state index contributed by atoms with van der Waals surface area (Å²) in [5.41, 5.74) is 0. The van der Waals surface area contributed by atoms with Crippen molar-refractivity contribution in [3.63, 3.8) is 0 Å². The van der Waals surface area contributed by atoms with E-state index in [9.17, 15) is 14.4 Å². The van der Waals surface area contributed by atoms with Crippen molar-refractivity contribution in [1.82, 2.24) is 0 Å². The van der Waals surface area contributed by atoms with Gasteiger partial charge in [0.25, 0.3) is 19.1 Å². The molecule has 0 spiro atoms. The van der Waals surface area contributed by atoms with E-state index in [4.69, 9.17) is 0 Å². The average molecular weight is 209 g/mol. The Bertz CT molecular complexity index is 192. The molecule has 1 radical (unpaired) electrons. The minimum absolute atomic E-state index is 0. The summed E-state index contributed by atoms with van der Waals surface area (Å²) in [4.78, 5) is 31.6. The second-order valence-corrected chi connectivity index (χ2v) is 2.55. The summed E-state index contributed by atoms with van der Waals surface area (Å²) in [5, 5.41) is 0. The molecule has 0 atom stereocenters. The van der Waals surface area contributed by atoms with E-state index in [-0.39, 0.29) is 41.7 Å². The van der Waals surface area contributed by atoms with E-state index in [1.54, 1.807) is 0 Å². The van der Waals surface area contributed by atoms with Crippen molar-refractivity contribution < 1.29 is 53.2 Å². The van der Waals surface area contributed by atoms with E-state index < -0.39 is 19.1 Å². The number of rotatable bonds is 4. The normalized spacial score (nSPS) is 8.86. The fourth-order valence-corrected chi connectivity index (χ4v) is 0.712. The molecule has 7 heteroatoms. The zero-order valence-electron chi connectivity index (χ0n) is 8.83. The van der Waals surface area contributed by atoms with Crippen LogP contribution in [0.15, 0.2) is 0 Å². The van der Waals surface area contributed by atoms with Crippen molar-refractivity contribution in [2.75, 3.05) is 0 Å². The van der Waals surface area contributed by atoms with Crippen LogP contribution in [0.5, 0.6) is 0 Å². The van der Waals surface area contributed by atoms with Gasteiger partial charge in [-0.05, 0) is 6.92 Å². The van der Waals surface area contributed by atoms with Crippen molar-refractivity contribution >= 4 is 24.8 Å². The van der Waals surface area contributed by atoms with Gasteiger partial charge in [-0.1, -0.05) is 6.32 Å². The number of carbonyl (C=O) groups excluding carboxylic acids is 3. The van der Waals surface area contributed by atoms with Crippen LogP contribution in [0.3, 0.4) is 0 Å². The zero-order chi connectivity index (χ0) is 10.4. The first-order chi connectivity index (χ1) is 5.91. The summed E-state index contributed by atoms with van der Waals surface area (Å²) in [6.07, 6.45) is -0.112. The summed E-state index contributed by atoms with van der Waals surface area (Å²) in [6.45, 7) is 3.67. The smallest absolute Gasteiger partial charge is 0.676 e. The molecule has 0 rings (SSSR count). The molecule has 0 saturated heterocycles. The van der Waals surface area contributed by atoms with Crippen LogP contribution < -0.4 is 29.6 Å². The van der Waals surface area contributed by atoms with Crippen molar-refractivity contribution in [3.8, 4) is 0 Å². The van der Waals surface area contributed by atoms with Crippen LogP contribution in [0, 0.1) is 0 Å². The Kier molecular flexibility index (Phi) is 9.24. The summed E-state index contributed by atoms with van der Waals surface area (Å²) >= 11 is 0. The maximum Gasteiger partial charge on any atom is 1.00 e. The van der Waals surface area contributed by atoms with Crippen LogP contribution in [0.2, 0.25) is 6.32 Å². The molecular weight excluding hydrogens is 198 g/mol. The first-order valence-electron chi connectivity index (χ1n) is 3.75. The first kappa shape index (κ1) is 16.1. The average Bonchev–Trinajstić information content (AvgIpc) is 1.80. The van der Waals surface area contributed by atoms with Crippen LogP contribution in [-0.2, 0) is 23.7 Å². The van der Waals surface area contributed by atoms with Gasteiger partial charge in [-0.15, -0.1) is 0 Å². The molecule has 5 nitrogen and oxygen atoms in total. The molecule has 0 bridgehead atoms. The van der Waals surface area contributed by atoms with Crippen molar-refractivity contribution in [2.24, 2.45) is 0 Å². The number of ketones is 1. The van der Waals surface area contributed by atoms with E-state index in [0.29, 0.717) is 0 Å². The van der Waals surface area contributed by atoms with Crippen LogP contribution >= 0.6 is 0 Å². The molecule has 73 valence electrons. The molecule has 0 aliphatic heterocycles. The summed E-state index contributed by atoms with van der Waals surface area (Å²) in [5.74, 6) is -1.40. The second-order valence-electron chi connectivity index (χ2n) is 2.55. The summed E-state index contributed by atoms with van der Waals surface area (Å²) in [6, 6.07) is 0. The molecule has 0 unspecified atom stereocenters. The second kappa shape index (κ2) is 8.02. The maximum atomic E-state index is 10.6. The molecule has 0 fully saturated rings. The monoisotopic (exact) mass is 209 g/mol. The van der Waals surface area contributed by atoms with Gasteiger partial charge in [0.2, 0.25) is 0 Å². The predicted molar refractivity (Wildman–Crippen MR) is 44.8 cm³/mol. The number of hydrogen-bond donors (Lipinski definition) is 0. The van der Waals surface area contributed by atoms with E-state index in [1.165, 1.54) is 20.8 Å². The molecule has 0 saturated carbocycles. The van der Waals surface area contributed by atoms with Gasteiger partial charge < -0.3 is 14.1 Å². The summed E-state index contributed by atoms with van der Waals surface area (Å²) < 4.78 is 9.14. The van der Waals surface area contributed by atoms with Crippen LogP contribution in [0.1, 0.15) is 20.8 Å². The van der Waals surface area contributed by atoms with Gasteiger partial charge in [0, 0.05) is 13.8 Å². The molecule has 0 aliphatic carbocycles. The number of carbonyl (C=O) groups is 3.